The van der Waals surface area contributed by atoms with E-state index < -0.39 is 26.5 Å². The lowest BCUT2D eigenvalue weighted by atomic mass is 10.0. The van der Waals surface area contributed by atoms with Gasteiger partial charge in [0.1, 0.15) is 6.61 Å². The maximum absolute atomic E-state index is 12.7. The fourth-order valence-corrected chi connectivity index (χ4v) is 8.88. The molecule has 0 aliphatic heterocycles. The zero-order chi connectivity index (χ0) is 51.0. The Bertz CT molecular complexity index is 1370. The van der Waals surface area contributed by atoms with Crippen molar-refractivity contribution in [2.45, 2.75) is 270 Å². The van der Waals surface area contributed by atoms with Gasteiger partial charge < -0.3 is 20.1 Å². The fourth-order valence-electron chi connectivity index (χ4n) is 8.11. The van der Waals surface area contributed by atoms with Crippen LogP contribution in [0.5, 0.6) is 0 Å². The van der Waals surface area contributed by atoms with Gasteiger partial charge in [-0.05, 0) is 64.2 Å². The van der Waals surface area contributed by atoms with Gasteiger partial charge in [-0.2, -0.15) is 0 Å². The van der Waals surface area contributed by atoms with E-state index in [0.717, 1.165) is 83.5 Å². The molecular formula is C60H108NO8P. The monoisotopic (exact) mass is 1000 g/mol. The molecule has 0 aliphatic carbocycles. The first-order chi connectivity index (χ1) is 34.3. The summed E-state index contributed by atoms with van der Waals surface area (Å²) in [6, 6.07) is 0. The predicted molar refractivity (Wildman–Crippen MR) is 298 cm³/mol. The molecule has 0 bridgehead atoms. The molecule has 0 saturated heterocycles. The van der Waals surface area contributed by atoms with Gasteiger partial charge in [0.15, 0.2) is 6.10 Å². The molecule has 0 heterocycles. The van der Waals surface area contributed by atoms with Crippen molar-refractivity contribution in [3.05, 3.63) is 72.9 Å². The number of ether oxygens (including phenoxy) is 2. The van der Waals surface area contributed by atoms with Gasteiger partial charge in [-0.1, -0.05) is 260 Å². The van der Waals surface area contributed by atoms with Gasteiger partial charge in [0.2, 0.25) is 0 Å². The maximum Gasteiger partial charge on any atom is 0.472 e. The van der Waals surface area contributed by atoms with Crippen LogP contribution >= 0.6 is 7.82 Å². The molecule has 0 aromatic rings. The lowest BCUT2D eigenvalue weighted by Gasteiger charge is -2.19. The first-order valence-corrected chi connectivity index (χ1v) is 30.4. The van der Waals surface area contributed by atoms with E-state index >= 15 is 0 Å². The summed E-state index contributed by atoms with van der Waals surface area (Å²) < 4.78 is 33.0. The number of nitrogens with two attached hydrogens (primary N) is 1. The van der Waals surface area contributed by atoms with Crippen LogP contribution in [0.2, 0.25) is 0 Å². The standard InChI is InChI=1S/C60H108NO8P/c1-3-5-7-9-11-13-15-17-19-21-23-25-27-28-29-30-31-33-35-37-39-41-43-45-47-49-51-53-60(63)69-58(57-68-70(64,65)67-55-54-61)56-66-59(62)52-50-48-46-44-42-40-38-36-34-32-26-24-22-20-18-16-14-12-10-8-6-4-2/h5,7,11,13,17,19,23,25,28-29,31,33,58H,3-4,6,8-10,12,14-16,18,20-22,24,26-27,30,32,34-57,61H2,1-2H3,(H,64,65)/b7-5-,13-11-,19-17-,25-23-,29-28-,33-31-. The summed E-state index contributed by atoms with van der Waals surface area (Å²) in [5.41, 5.74) is 5.38. The number of allylic oxidation sites excluding steroid dienone is 12. The number of hydrogen-bond donors (Lipinski definition) is 2. The number of phosphoric ester groups is 1. The minimum atomic E-state index is -4.39. The van der Waals surface area contributed by atoms with E-state index in [9.17, 15) is 19.0 Å². The molecule has 0 aromatic carbocycles. The quantitative estimate of drug-likeness (QED) is 0.0264. The number of carbonyl (C=O) groups excluding carboxylic acids is 2. The van der Waals surface area contributed by atoms with Crippen LogP contribution in [-0.4, -0.2) is 49.3 Å². The maximum atomic E-state index is 12.7. The van der Waals surface area contributed by atoms with Crippen LogP contribution in [0, 0.1) is 0 Å². The number of carbonyl (C=O) groups is 2. The Morgan fingerprint density at radius 1 is 0.443 bits per heavy atom. The Morgan fingerprint density at radius 3 is 1.17 bits per heavy atom. The van der Waals surface area contributed by atoms with Crippen LogP contribution in [0.4, 0.5) is 0 Å². The molecule has 2 atom stereocenters. The molecule has 10 heteroatoms. The average molecular weight is 1000 g/mol. The van der Waals surface area contributed by atoms with E-state index in [-0.39, 0.29) is 38.6 Å². The minimum Gasteiger partial charge on any atom is -0.462 e. The molecule has 0 fully saturated rings. The smallest absolute Gasteiger partial charge is 0.462 e. The molecule has 0 spiro atoms. The molecule has 2 unspecified atom stereocenters. The number of hydrogen-bond acceptors (Lipinski definition) is 8. The highest BCUT2D eigenvalue weighted by atomic mass is 31.2. The lowest BCUT2D eigenvalue weighted by molar-refractivity contribution is -0.161. The summed E-state index contributed by atoms with van der Waals surface area (Å²) in [7, 11) is -4.39. The molecule has 0 amide bonds. The second-order valence-electron chi connectivity index (χ2n) is 19.1. The molecule has 406 valence electrons. The fraction of sp³-hybridized carbons (Fsp3) is 0.767. The molecule has 9 nitrogen and oxygen atoms in total. The van der Waals surface area contributed by atoms with Gasteiger partial charge in [0, 0.05) is 19.4 Å². The van der Waals surface area contributed by atoms with E-state index in [1.165, 1.54) is 148 Å². The number of esters is 2. The van der Waals surface area contributed by atoms with Crippen molar-refractivity contribution >= 4 is 19.8 Å². The van der Waals surface area contributed by atoms with Crippen molar-refractivity contribution in [1.29, 1.82) is 0 Å². The van der Waals surface area contributed by atoms with Crippen LogP contribution in [0.1, 0.15) is 264 Å². The Balaban J connectivity index is 4.01. The molecule has 3 N–H and O–H groups in total. The number of unbranched alkanes of at least 4 members (excludes halogenated alkanes) is 29. The molecule has 0 saturated carbocycles. The van der Waals surface area contributed by atoms with Crippen molar-refractivity contribution in [2.75, 3.05) is 26.4 Å². The van der Waals surface area contributed by atoms with E-state index in [4.69, 9.17) is 24.3 Å². The first kappa shape index (κ1) is 67.5. The van der Waals surface area contributed by atoms with Crippen LogP contribution in [-0.2, 0) is 32.7 Å². The highest BCUT2D eigenvalue weighted by Gasteiger charge is 2.26. The Kier molecular flexibility index (Phi) is 53.7. The number of phosphoric acid groups is 1. The number of rotatable bonds is 54. The van der Waals surface area contributed by atoms with Crippen LogP contribution in [0.25, 0.3) is 0 Å². The topological polar surface area (TPSA) is 134 Å². The molecule has 0 aliphatic rings. The molecule has 0 aromatic heterocycles. The van der Waals surface area contributed by atoms with Crippen LogP contribution in [0.3, 0.4) is 0 Å². The lowest BCUT2D eigenvalue weighted by Crippen LogP contribution is -2.29. The largest absolute Gasteiger partial charge is 0.472 e. The summed E-state index contributed by atoms with van der Waals surface area (Å²) >= 11 is 0. The molecule has 70 heavy (non-hydrogen) atoms. The first-order valence-electron chi connectivity index (χ1n) is 28.9. The second-order valence-corrected chi connectivity index (χ2v) is 20.6. The normalized spacial score (nSPS) is 13.6. The van der Waals surface area contributed by atoms with E-state index in [2.05, 4.69) is 86.8 Å². The zero-order valence-corrected chi connectivity index (χ0v) is 46.1. The summed E-state index contributed by atoms with van der Waals surface area (Å²) in [6.07, 6.45) is 70.9. The van der Waals surface area contributed by atoms with Gasteiger partial charge in [-0.25, -0.2) is 4.57 Å². The Labute approximate surface area is 431 Å². The van der Waals surface area contributed by atoms with Gasteiger partial charge >= 0.3 is 19.8 Å². The van der Waals surface area contributed by atoms with Gasteiger partial charge in [0.05, 0.1) is 13.2 Å². The van der Waals surface area contributed by atoms with Crippen LogP contribution in [0.15, 0.2) is 72.9 Å². The summed E-state index contributed by atoms with van der Waals surface area (Å²) in [4.78, 5) is 35.2. The van der Waals surface area contributed by atoms with Crippen molar-refractivity contribution in [2.24, 2.45) is 5.73 Å². The molecule has 0 radical (unpaired) electrons. The summed E-state index contributed by atoms with van der Waals surface area (Å²) in [5.74, 6) is -0.830. The van der Waals surface area contributed by atoms with Gasteiger partial charge in [-0.3, -0.25) is 18.6 Å². The highest BCUT2D eigenvalue weighted by Crippen LogP contribution is 2.43. The summed E-state index contributed by atoms with van der Waals surface area (Å²) in [5, 5.41) is 0. The summed E-state index contributed by atoms with van der Waals surface area (Å²) in [6.45, 7) is 3.65. The molecular weight excluding hydrogens is 894 g/mol. The predicted octanol–water partition coefficient (Wildman–Crippen LogP) is 18.1. The Morgan fingerprint density at radius 2 is 0.786 bits per heavy atom. The van der Waals surface area contributed by atoms with E-state index in [0.29, 0.717) is 6.42 Å². The SMILES string of the molecule is CC/C=C\C/C=C\C/C=C\C/C=C\C/C=C\C/C=C\CCCCCCCCCCC(=O)OC(COC(=O)CCCCCCCCCCCCCCCCCCCCCCCC)COP(=O)(O)OCCN. The highest BCUT2D eigenvalue weighted by molar-refractivity contribution is 7.47. The van der Waals surface area contributed by atoms with Gasteiger partial charge in [0.25, 0.3) is 0 Å². The van der Waals surface area contributed by atoms with Crippen molar-refractivity contribution in [3.8, 4) is 0 Å². The van der Waals surface area contributed by atoms with E-state index in [1.807, 2.05) is 0 Å². The van der Waals surface area contributed by atoms with Crippen molar-refractivity contribution in [3.63, 3.8) is 0 Å². The van der Waals surface area contributed by atoms with Gasteiger partial charge in [-0.15, -0.1) is 0 Å². The van der Waals surface area contributed by atoms with Crippen LogP contribution < -0.4 is 5.73 Å². The third-order valence-electron chi connectivity index (χ3n) is 12.4. The minimum absolute atomic E-state index is 0.0502. The average Bonchev–Trinajstić information content (AvgIpc) is 3.35. The van der Waals surface area contributed by atoms with E-state index in [1.54, 1.807) is 0 Å². The second kappa shape index (κ2) is 55.8. The third-order valence-corrected chi connectivity index (χ3v) is 13.3. The zero-order valence-electron chi connectivity index (χ0n) is 45.2. The Hall–Kier alpha value is -2.55. The van der Waals surface area contributed by atoms with Crippen molar-refractivity contribution < 1.29 is 37.6 Å². The third kappa shape index (κ3) is 54.8. The van der Waals surface area contributed by atoms with Crippen molar-refractivity contribution in [1.82, 2.24) is 0 Å². The molecule has 0 rings (SSSR count).